The molecule has 36 heteroatoms. The lowest BCUT2D eigenvalue weighted by molar-refractivity contribution is -0.284. The van der Waals surface area contributed by atoms with Crippen LogP contribution >= 0.6 is 0 Å². The molecule has 0 amide bonds. The SMILES string of the molecule is O=C(O[C@H]1O[C@@H](CO)[C@@H](O)[C@H]2OC(=O)c3cc(c(O)c(O)c3O)-c3c(cc(O)c(O)c3O)C(=O)O[C@H]12)c1cc(O)c(O)c(Oc2c(C(=O)O[C@@H]3O[C@H]4COC(=O)c5cc(O)c(O)c(O)c5-c5c(cc(O)c(O)c5O)C(=O)O[C@@H]4[C@H](O)[C@H]3O)cc(O)c(O)c2O)c1. The molecule has 6 aromatic carbocycles. The summed E-state index contributed by atoms with van der Waals surface area (Å²) >= 11 is 0. The zero-order valence-electron chi connectivity index (χ0n) is 44.2. The number of hydrogen-bond acceptors (Lipinski definition) is 36. The molecular weight excluding hydrogens is 1220 g/mol. The Bertz CT molecular complexity index is 4080. The molecule has 90 heavy (non-hydrogen) atoms. The molecule has 36 nitrogen and oxygen atoms in total. The van der Waals surface area contributed by atoms with Gasteiger partial charge in [-0.1, -0.05) is 0 Å². The highest BCUT2D eigenvalue weighted by Gasteiger charge is 2.54. The van der Waals surface area contributed by atoms with Gasteiger partial charge in [-0.05, 0) is 36.4 Å². The molecule has 10 atom stereocenters. The predicted molar refractivity (Wildman–Crippen MR) is 276 cm³/mol. The Labute approximate surface area is 495 Å². The van der Waals surface area contributed by atoms with E-state index in [9.17, 15) is 136 Å². The van der Waals surface area contributed by atoms with Gasteiger partial charge in [0.25, 0.3) is 0 Å². The Morgan fingerprint density at radius 2 is 0.900 bits per heavy atom. The first-order chi connectivity index (χ1) is 42.4. The average Bonchev–Trinajstić information content (AvgIpc) is 1.25. The van der Waals surface area contributed by atoms with Crippen molar-refractivity contribution in [2.45, 2.75) is 61.4 Å². The second kappa shape index (κ2) is 22.5. The largest absolute Gasteiger partial charge is 0.504 e. The van der Waals surface area contributed by atoms with Gasteiger partial charge < -0.3 is 150 Å². The number of ether oxygens (including phenoxy) is 9. The fourth-order valence-electron chi connectivity index (χ4n) is 9.79. The minimum Gasteiger partial charge on any atom is -0.504 e. The first-order valence-corrected chi connectivity index (χ1v) is 25.2. The van der Waals surface area contributed by atoms with Crippen LogP contribution in [0.1, 0.15) is 62.1 Å². The van der Waals surface area contributed by atoms with Crippen LogP contribution in [0.15, 0.2) is 42.5 Å². The van der Waals surface area contributed by atoms with Crippen LogP contribution in [0.25, 0.3) is 22.3 Å². The monoisotopic (exact) mass is 1270 g/mol. The van der Waals surface area contributed by atoms with E-state index < -0.39 is 275 Å². The number of aromatic hydroxyl groups is 17. The molecule has 0 radical (unpaired) electrons. The Hall–Kier alpha value is -11.7. The van der Waals surface area contributed by atoms with Gasteiger partial charge >= 0.3 is 35.8 Å². The van der Waals surface area contributed by atoms with Crippen molar-refractivity contribution in [2.24, 2.45) is 0 Å². The quantitative estimate of drug-likeness (QED) is 0.0559. The minimum absolute atomic E-state index is 0.304. The third-order valence-corrected chi connectivity index (χ3v) is 14.3. The third-order valence-electron chi connectivity index (χ3n) is 14.3. The molecule has 474 valence electrons. The third kappa shape index (κ3) is 10.1. The second-order valence-electron chi connectivity index (χ2n) is 19.7. The molecule has 21 N–H and O–H groups in total. The number of benzene rings is 6. The molecule has 0 aliphatic carbocycles. The Morgan fingerprint density at radius 1 is 0.422 bits per heavy atom. The normalized spacial score (nSPS) is 23.0. The first-order valence-electron chi connectivity index (χ1n) is 25.2. The molecule has 0 aromatic heterocycles. The van der Waals surface area contributed by atoms with E-state index in [-0.39, 0.29) is 0 Å². The second-order valence-corrected chi connectivity index (χ2v) is 19.7. The van der Waals surface area contributed by atoms with E-state index >= 15 is 0 Å². The summed E-state index contributed by atoms with van der Waals surface area (Å²) in [4.78, 5) is 83.7. The topological polar surface area (TPSA) is 610 Å². The summed E-state index contributed by atoms with van der Waals surface area (Å²) in [6.45, 7) is -2.43. The molecular formula is C54H42O36. The van der Waals surface area contributed by atoms with Crippen LogP contribution in [0, 0.1) is 0 Å². The summed E-state index contributed by atoms with van der Waals surface area (Å²) in [5, 5.41) is 226. The Kier molecular flexibility index (Phi) is 15.4. The highest BCUT2D eigenvalue weighted by Crippen LogP contribution is 2.56. The summed E-state index contributed by atoms with van der Waals surface area (Å²) in [5.74, 6) is -36.5. The number of aliphatic hydroxyl groups is 4. The van der Waals surface area contributed by atoms with Gasteiger partial charge in [0.2, 0.25) is 58.9 Å². The van der Waals surface area contributed by atoms with Gasteiger partial charge in [0, 0.05) is 28.3 Å². The Morgan fingerprint density at radius 3 is 1.49 bits per heavy atom. The highest BCUT2D eigenvalue weighted by atomic mass is 16.7. The lowest BCUT2D eigenvalue weighted by Gasteiger charge is -2.42. The lowest BCUT2D eigenvalue weighted by Crippen LogP contribution is -2.62. The summed E-state index contributed by atoms with van der Waals surface area (Å²) < 4.78 is 48.6. The van der Waals surface area contributed by atoms with Crippen molar-refractivity contribution in [3.05, 3.63) is 75.8 Å². The van der Waals surface area contributed by atoms with Crippen LogP contribution in [-0.4, -0.2) is 218 Å². The summed E-state index contributed by atoms with van der Waals surface area (Å²) in [5.41, 5.74) is -10.3. The van der Waals surface area contributed by atoms with Gasteiger partial charge in [0.1, 0.15) is 48.3 Å². The zero-order valence-corrected chi connectivity index (χ0v) is 44.2. The van der Waals surface area contributed by atoms with E-state index in [1.54, 1.807) is 0 Å². The fraction of sp³-hybridized carbons (Fsp3) is 0.222. The van der Waals surface area contributed by atoms with Gasteiger partial charge in [0.15, 0.2) is 81.2 Å². The van der Waals surface area contributed by atoms with Crippen LogP contribution in [0.3, 0.4) is 0 Å². The highest BCUT2D eigenvalue weighted by molar-refractivity contribution is 6.09. The van der Waals surface area contributed by atoms with Crippen LogP contribution in [-0.2, 0) is 37.9 Å². The van der Waals surface area contributed by atoms with Crippen molar-refractivity contribution < 1.29 is 179 Å². The molecule has 2 fully saturated rings. The zero-order chi connectivity index (χ0) is 65.7. The van der Waals surface area contributed by atoms with E-state index in [1.165, 1.54) is 0 Å². The van der Waals surface area contributed by atoms with Crippen LogP contribution < -0.4 is 4.74 Å². The number of esters is 6. The standard InChI is InChI=1S/C54H42O36/c55-8-23-35(68)45-46(88-49(78)12-4-18(57)31(64)36(69)25(12)11-3-15(51(80)87-45)29(62)39(72)28(11)61)54(84-23)89-47(76)10-1-17(56)30(63)22(2-10)83-43-16(7-21(60)34(67)40(43)73)52(81)90-53-42(75)41(74)44-24(85-53)9-82-48(77)13-5-19(58)32(65)37(70)26(13)27-14(50(79)86-44)6-20(59)33(66)38(27)71/h1-7,23-24,35,41-42,44-46,53-75H,8-9H2/t23-,24-,35+,41+,42+,44-,45+,46-,53-,54+/m0/s1. The van der Waals surface area contributed by atoms with Crippen LogP contribution in [0.5, 0.6) is 109 Å². The lowest BCUT2D eigenvalue weighted by atomic mass is 9.92. The Balaban J connectivity index is 0.950. The number of aliphatic hydroxyl groups excluding tert-OH is 4. The van der Waals surface area contributed by atoms with Crippen molar-refractivity contribution >= 4 is 35.8 Å². The van der Waals surface area contributed by atoms with E-state index in [4.69, 9.17) is 42.6 Å². The molecule has 0 spiro atoms. The maximum Gasteiger partial charge on any atom is 0.344 e. The number of carbonyl (C=O) groups excluding carboxylic acids is 6. The number of fused-ring (bicyclic) bond motifs is 9. The number of phenols is 17. The van der Waals surface area contributed by atoms with Gasteiger partial charge in [0.05, 0.1) is 28.9 Å². The van der Waals surface area contributed by atoms with Crippen LogP contribution in [0.2, 0.25) is 0 Å². The van der Waals surface area contributed by atoms with E-state index in [1.807, 2.05) is 0 Å². The maximum absolute atomic E-state index is 14.1. The summed E-state index contributed by atoms with van der Waals surface area (Å²) in [6.07, 6.45) is -23.6. The minimum atomic E-state index is -2.57. The van der Waals surface area contributed by atoms with Crippen molar-refractivity contribution in [1.29, 1.82) is 0 Å². The van der Waals surface area contributed by atoms with Gasteiger partial charge in [-0.25, -0.2) is 28.8 Å². The molecule has 4 heterocycles. The van der Waals surface area contributed by atoms with Crippen LogP contribution in [0.4, 0.5) is 0 Å². The molecule has 0 saturated carbocycles. The fourth-order valence-corrected chi connectivity index (χ4v) is 9.79. The molecule has 2 bridgehead atoms. The average molecular weight is 1270 g/mol. The summed E-state index contributed by atoms with van der Waals surface area (Å²) in [6, 6.07) is 3.04. The smallest absolute Gasteiger partial charge is 0.344 e. The molecule has 4 aliphatic rings. The number of cyclic esters (lactones) is 1. The van der Waals surface area contributed by atoms with Crippen molar-refractivity contribution in [3.8, 4) is 131 Å². The van der Waals surface area contributed by atoms with Crippen molar-refractivity contribution in [1.82, 2.24) is 0 Å². The number of hydrogen-bond donors (Lipinski definition) is 21. The molecule has 10 rings (SSSR count). The number of carbonyl (C=O) groups is 6. The van der Waals surface area contributed by atoms with Crippen molar-refractivity contribution in [2.75, 3.05) is 13.2 Å². The molecule has 0 unspecified atom stereocenters. The van der Waals surface area contributed by atoms with Crippen molar-refractivity contribution in [3.63, 3.8) is 0 Å². The maximum atomic E-state index is 14.1. The van der Waals surface area contributed by atoms with E-state index in [0.29, 0.717) is 42.5 Å². The molecule has 2 saturated heterocycles. The van der Waals surface area contributed by atoms with E-state index in [0.717, 1.165) is 0 Å². The van der Waals surface area contributed by atoms with Gasteiger partial charge in [-0.15, -0.1) is 0 Å². The number of phenolic OH excluding ortho intramolecular Hbond substituents is 17. The number of rotatable bonds is 7. The predicted octanol–water partition coefficient (Wildman–Crippen LogP) is -0.193. The first kappa shape index (κ1) is 61.4. The van der Waals surface area contributed by atoms with Gasteiger partial charge in [-0.3, -0.25) is 0 Å². The van der Waals surface area contributed by atoms with E-state index in [2.05, 4.69) is 0 Å². The molecule has 4 aliphatic heterocycles. The summed E-state index contributed by atoms with van der Waals surface area (Å²) in [7, 11) is 0. The van der Waals surface area contributed by atoms with Gasteiger partial charge in [-0.2, -0.15) is 0 Å². The molecule has 6 aromatic rings.